The largest absolute Gasteiger partial charge is 0.462 e. The van der Waals surface area contributed by atoms with Crippen LogP contribution in [0.4, 0.5) is 0 Å². The van der Waals surface area contributed by atoms with Crippen LogP contribution in [0.3, 0.4) is 0 Å². The van der Waals surface area contributed by atoms with Crippen molar-refractivity contribution < 1.29 is 28.6 Å². The number of esters is 3. The summed E-state index contributed by atoms with van der Waals surface area (Å²) in [7, 11) is 0. The Hall–Kier alpha value is -4.45. The van der Waals surface area contributed by atoms with Gasteiger partial charge in [0.2, 0.25) is 0 Å². The molecule has 0 radical (unpaired) electrons. The van der Waals surface area contributed by atoms with Crippen molar-refractivity contribution in [3.8, 4) is 0 Å². The average Bonchev–Trinajstić information content (AvgIpc) is 3.47. The summed E-state index contributed by atoms with van der Waals surface area (Å²) in [5.41, 5.74) is 0. The third-order valence-electron chi connectivity index (χ3n) is 14.1. The van der Waals surface area contributed by atoms with Gasteiger partial charge in [-0.15, -0.1) is 0 Å². The highest BCUT2D eigenvalue weighted by molar-refractivity contribution is 5.71. The Balaban J connectivity index is 4.48. The molecule has 0 aliphatic heterocycles. The molecular formula is C75H124O6. The molecule has 81 heavy (non-hydrogen) atoms. The van der Waals surface area contributed by atoms with E-state index in [0.29, 0.717) is 19.3 Å². The standard InChI is InChI=1S/C75H124O6/c1-4-7-10-13-16-19-22-25-28-31-34-36-37-39-41-44-47-50-53-56-59-62-65-68-74(77)80-71-72(70-79-73(76)67-64-61-58-55-52-49-46-43-40-33-30-27-24-21-18-15-12-9-6-3)81-75(78)69-66-63-60-57-54-51-48-45-42-38-35-32-29-26-23-20-17-14-11-8-5-2/h7,9-10,12,16,18-19,21,25,27-28,30,32,34-36,40,43,49,52,58,61,72H,4-6,8,11,13-15,17,20,22-24,26,29,31,33,37-39,41-42,44-48,50-51,53-57,59-60,62-71H2,1-3H3/b10-7-,12-9-,19-16-,21-18-,28-25-,30-27-,35-32-,36-34-,43-40-,52-49-,61-58-. The van der Waals surface area contributed by atoms with Gasteiger partial charge in [-0.2, -0.15) is 0 Å². The van der Waals surface area contributed by atoms with E-state index in [9.17, 15) is 14.4 Å². The predicted molar refractivity (Wildman–Crippen MR) is 353 cm³/mol. The molecule has 0 aliphatic rings. The van der Waals surface area contributed by atoms with Crippen molar-refractivity contribution in [2.75, 3.05) is 13.2 Å². The maximum absolute atomic E-state index is 12.9. The molecule has 460 valence electrons. The first-order valence-electron chi connectivity index (χ1n) is 33.7. The van der Waals surface area contributed by atoms with Gasteiger partial charge in [-0.1, -0.05) is 296 Å². The Bertz CT molecular complexity index is 1720. The Morgan fingerprint density at radius 1 is 0.259 bits per heavy atom. The van der Waals surface area contributed by atoms with Crippen LogP contribution in [0.1, 0.15) is 303 Å². The highest BCUT2D eigenvalue weighted by Crippen LogP contribution is 2.16. The number of carbonyl (C=O) groups excluding carboxylic acids is 3. The monoisotopic (exact) mass is 1120 g/mol. The molecule has 0 aromatic heterocycles. The van der Waals surface area contributed by atoms with Gasteiger partial charge in [-0.05, 0) is 122 Å². The van der Waals surface area contributed by atoms with Gasteiger partial charge >= 0.3 is 17.9 Å². The number of ether oxygens (including phenoxy) is 3. The van der Waals surface area contributed by atoms with Gasteiger partial charge < -0.3 is 14.2 Å². The summed E-state index contributed by atoms with van der Waals surface area (Å²) >= 11 is 0. The normalized spacial score (nSPS) is 13.0. The number of hydrogen-bond donors (Lipinski definition) is 0. The molecule has 6 nitrogen and oxygen atoms in total. The maximum atomic E-state index is 12.9. The lowest BCUT2D eigenvalue weighted by Gasteiger charge is -2.18. The molecule has 0 rings (SSSR count). The van der Waals surface area contributed by atoms with Crippen molar-refractivity contribution in [3.63, 3.8) is 0 Å². The molecule has 1 atom stereocenters. The summed E-state index contributed by atoms with van der Waals surface area (Å²) in [4.78, 5) is 38.4. The van der Waals surface area contributed by atoms with Crippen LogP contribution in [0.25, 0.3) is 0 Å². The number of unbranched alkanes of at least 4 members (excludes halogenated alkanes) is 27. The first kappa shape index (κ1) is 76.5. The fourth-order valence-corrected chi connectivity index (χ4v) is 9.16. The summed E-state index contributed by atoms with van der Waals surface area (Å²) < 4.78 is 16.9. The van der Waals surface area contributed by atoms with Crippen molar-refractivity contribution in [1.82, 2.24) is 0 Å². The van der Waals surface area contributed by atoms with Gasteiger partial charge in [0.15, 0.2) is 6.10 Å². The van der Waals surface area contributed by atoms with Crippen molar-refractivity contribution in [2.24, 2.45) is 0 Å². The minimum Gasteiger partial charge on any atom is -0.462 e. The van der Waals surface area contributed by atoms with Crippen molar-refractivity contribution in [2.45, 2.75) is 309 Å². The summed E-state index contributed by atoms with van der Waals surface area (Å²) in [6, 6.07) is 0. The second-order valence-electron chi connectivity index (χ2n) is 22.0. The number of allylic oxidation sites excluding steroid dienone is 22. The molecule has 0 aromatic carbocycles. The smallest absolute Gasteiger partial charge is 0.306 e. The molecule has 0 fully saturated rings. The molecule has 1 unspecified atom stereocenters. The van der Waals surface area contributed by atoms with Gasteiger partial charge in [-0.25, -0.2) is 0 Å². The first-order chi connectivity index (χ1) is 40.0. The van der Waals surface area contributed by atoms with E-state index >= 15 is 0 Å². The summed E-state index contributed by atoms with van der Waals surface area (Å²) in [5, 5.41) is 0. The van der Waals surface area contributed by atoms with Crippen LogP contribution in [0, 0.1) is 0 Å². The zero-order valence-corrected chi connectivity index (χ0v) is 52.8. The van der Waals surface area contributed by atoms with E-state index in [4.69, 9.17) is 14.2 Å². The Morgan fingerprint density at radius 3 is 0.840 bits per heavy atom. The predicted octanol–water partition coefficient (Wildman–Crippen LogP) is 23.3. The molecule has 0 aliphatic carbocycles. The second-order valence-corrected chi connectivity index (χ2v) is 22.0. The molecule has 0 spiro atoms. The fraction of sp³-hybridized carbons (Fsp3) is 0.667. The van der Waals surface area contributed by atoms with Gasteiger partial charge in [-0.3, -0.25) is 14.4 Å². The molecule has 0 saturated heterocycles. The lowest BCUT2D eigenvalue weighted by atomic mass is 10.0. The van der Waals surface area contributed by atoms with Crippen LogP contribution in [-0.4, -0.2) is 37.2 Å². The molecule has 0 bridgehead atoms. The third kappa shape index (κ3) is 66.2. The summed E-state index contributed by atoms with van der Waals surface area (Å²) in [6.07, 6.45) is 96.2. The van der Waals surface area contributed by atoms with Crippen LogP contribution in [-0.2, 0) is 28.6 Å². The second kappa shape index (κ2) is 68.1. The maximum Gasteiger partial charge on any atom is 0.306 e. The zero-order valence-electron chi connectivity index (χ0n) is 52.8. The molecule has 6 heteroatoms. The highest BCUT2D eigenvalue weighted by Gasteiger charge is 2.19. The summed E-state index contributed by atoms with van der Waals surface area (Å²) in [5.74, 6) is -0.994. The number of carbonyl (C=O) groups is 3. The van der Waals surface area contributed by atoms with Gasteiger partial charge in [0, 0.05) is 19.3 Å². The molecule has 0 N–H and O–H groups in total. The van der Waals surface area contributed by atoms with Crippen LogP contribution in [0.15, 0.2) is 134 Å². The Kier molecular flexibility index (Phi) is 64.3. The lowest BCUT2D eigenvalue weighted by molar-refractivity contribution is -0.166. The summed E-state index contributed by atoms with van der Waals surface area (Å²) in [6.45, 7) is 6.37. The van der Waals surface area contributed by atoms with Crippen molar-refractivity contribution in [1.29, 1.82) is 0 Å². The SMILES string of the molecule is CC/C=C\C/C=C\C/C=C\C/C=C\C/C=C\C/C=C\CCC(=O)OCC(COC(=O)CCCCCCCCCCCC/C=C\C/C=C\C/C=C\C/C=C\CC)OC(=O)CCCCCCCCCCC/C=C\CCCCCCCCCC. The van der Waals surface area contributed by atoms with E-state index in [1.165, 1.54) is 154 Å². The van der Waals surface area contributed by atoms with Crippen LogP contribution >= 0.6 is 0 Å². The van der Waals surface area contributed by atoms with Crippen LogP contribution < -0.4 is 0 Å². The first-order valence-corrected chi connectivity index (χ1v) is 33.7. The van der Waals surface area contributed by atoms with E-state index in [1.807, 2.05) is 6.08 Å². The van der Waals surface area contributed by atoms with Gasteiger partial charge in [0.25, 0.3) is 0 Å². The van der Waals surface area contributed by atoms with E-state index in [2.05, 4.69) is 148 Å². The Labute approximate surface area is 500 Å². The van der Waals surface area contributed by atoms with Gasteiger partial charge in [0.05, 0.1) is 0 Å². The number of rotatable bonds is 60. The molecular weight excluding hydrogens is 997 g/mol. The fourth-order valence-electron chi connectivity index (χ4n) is 9.16. The topological polar surface area (TPSA) is 78.9 Å². The van der Waals surface area contributed by atoms with E-state index in [0.717, 1.165) is 103 Å². The van der Waals surface area contributed by atoms with E-state index < -0.39 is 6.10 Å². The van der Waals surface area contributed by atoms with E-state index in [1.54, 1.807) is 0 Å². The van der Waals surface area contributed by atoms with Crippen molar-refractivity contribution in [3.05, 3.63) is 134 Å². The lowest BCUT2D eigenvalue weighted by Crippen LogP contribution is -2.30. The molecule has 0 saturated carbocycles. The van der Waals surface area contributed by atoms with Gasteiger partial charge in [0.1, 0.15) is 13.2 Å². The molecule has 0 heterocycles. The average molecular weight is 1120 g/mol. The molecule has 0 aromatic rings. The Morgan fingerprint density at radius 2 is 0.506 bits per heavy atom. The minimum atomic E-state index is -0.818. The third-order valence-corrected chi connectivity index (χ3v) is 14.1. The van der Waals surface area contributed by atoms with Crippen molar-refractivity contribution >= 4 is 17.9 Å². The molecule has 0 amide bonds. The highest BCUT2D eigenvalue weighted by atomic mass is 16.6. The zero-order chi connectivity index (χ0) is 58.5. The minimum absolute atomic E-state index is 0.107. The quantitative estimate of drug-likeness (QED) is 0.0261. The van der Waals surface area contributed by atoms with E-state index in [-0.39, 0.29) is 37.5 Å². The van der Waals surface area contributed by atoms with Crippen LogP contribution in [0.5, 0.6) is 0 Å². The van der Waals surface area contributed by atoms with Crippen LogP contribution in [0.2, 0.25) is 0 Å². The number of hydrogen-bond acceptors (Lipinski definition) is 6.